The van der Waals surface area contributed by atoms with Gasteiger partial charge in [-0.05, 0) is 90.7 Å². The first-order valence-electron chi connectivity index (χ1n) is 11.4. The zero-order valence-corrected chi connectivity index (χ0v) is 18.2. The van der Waals surface area contributed by atoms with E-state index in [1.165, 1.54) is 56.9 Å². The number of hydrogen-bond donors (Lipinski definition) is 0. The maximum atomic E-state index is 12.1. The average Bonchev–Trinajstić information content (AvgIpc) is 2.78. The van der Waals surface area contributed by atoms with Crippen LogP contribution in [-0.4, -0.2) is 12.8 Å². The zero-order chi connectivity index (χ0) is 22.0. The normalized spacial score (nSPS) is 25.8. The van der Waals surface area contributed by atoms with E-state index in [1.807, 2.05) is 12.1 Å². The number of halogens is 3. The lowest BCUT2D eigenvalue weighted by atomic mass is 9.51. The second kappa shape index (κ2) is 8.72. The third-order valence-corrected chi connectivity index (χ3v) is 7.52. The Morgan fingerprint density at radius 1 is 0.839 bits per heavy atom. The van der Waals surface area contributed by atoms with Crippen molar-refractivity contribution in [3.63, 3.8) is 0 Å². The zero-order valence-electron chi connectivity index (χ0n) is 18.2. The van der Waals surface area contributed by atoms with Gasteiger partial charge in [-0.2, -0.15) is 13.2 Å². The molecule has 0 spiro atoms. The molecule has 0 N–H and O–H groups in total. The summed E-state index contributed by atoms with van der Waals surface area (Å²) in [5.74, 6) is 0.561. The van der Waals surface area contributed by atoms with Gasteiger partial charge in [0, 0.05) is 6.08 Å². The van der Waals surface area contributed by atoms with Crippen molar-refractivity contribution in [3.8, 4) is 16.9 Å². The maximum absolute atomic E-state index is 12.1. The molecule has 2 aromatic carbocycles. The quantitative estimate of drug-likeness (QED) is 0.404. The van der Waals surface area contributed by atoms with Crippen molar-refractivity contribution in [3.05, 3.63) is 66.2 Å². The van der Waals surface area contributed by atoms with Gasteiger partial charge < -0.3 is 4.74 Å². The number of rotatable bonds is 7. The molecule has 2 aromatic rings. The summed E-state index contributed by atoms with van der Waals surface area (Å²) < 4.78 is 41.7. The van der Waals surface area contributed by atoms with Gasteiger partial charge in [0.1, 0.15) is 12.4 Å². The highest BCUT2D eigenvalue weighted by atomic mass is 19.4. The van der Waals surface area contributed by atoms with Crippen molar-refractivity contribution in [2.24, 2.45) is 5.41 Å². The highest BCUT2D eigenvalue weighted by Crippen LogP contribution is 2.59. The molecule has 0 amide bonds. The molecule has 0 saturated heterocycles. The predicted octanol–water partition coefficient (Wildman–Crippen LogP) is 8.24. The molecule has 0 unspecified atom stereocenters. The van der Waals surface area contributed by atoms with Crippen LogP contribution in [0.15, 0.2) is 60.7 Å². The van der Waals surface area contributed by atoms with Gasteiger partial charge in [-0.15, -0.1) is 0 Å². The predicted molar refractivity (Wildman–Crippen MR) is 119 cm³/mol. The van der Waals surface area contributed by atoms with E-state index < -0.39 is 6.18 Å². The molecule has 3 saturated carbocycles. The van der Waals surface area contributed by atoms with E-state index in [2.05, 4.69) is 31.2 Å². The van der Waals surface area contributed by atoms with Crippen LogP contribution in [0.5, 0.6) is 5.75 Å². The Bertz CT molecular complexity index is 869. The topological polar surface area (TPSA) is 9.23 Å². The first-order valence-corrected chi connectivity index (χ1v) is 11.4. The van der Waals surface area contributed by atoms with Crippen LogP contribution < -0.4 is 4.74 Å². The first-order chi connectivity index (χ1) is 14.8. The van der Waals surface area contributed by atoms with Crippen LogP contribution in [0.4, 0.5) is 13.2 Å². The Morgan fingerprint density at radius 2 is 1.39 bits per heavy atom. The smallest absolute Gasteiger partial charge is 0.409 e. The van der Waals surface area contributed by atoms with Crippen LogP contribution >= 0.6 is 0 Å². The van der Waals surface area contributed by atoms with Gasteiger partial charge in [0.25, 0.3) is 0 Å². The summed E-state index contributed by atoms with van der Waals surface area (Å²) in [6.07, 6.45) is 7.67. The Kier molecular flexibility index (Phi) is 6.18. The van der Waals surface area contributed by atoms with E-state index in [0.717, 1.165) is 17.2 Å². The fourth-order valence-corrected chi connectivity index (χ4v) is 5.69. The molecule has 3 aliphatic rings. The summed E-state index contributed by atoms with van der Waals surface area (Å²) in [5, 5.41) is 0. The fraction of sp³-hybridized carbons (Fsp3) is 0.481. The molecular weight excluding hydrogens is 397 g/mol. The fourth-order valence-electron chi connectivity index (χ4n) is 5.69. The van der Waals surface area contributed by atoms with Crippen LogP contribution in [-0.2, 0) is 5.41 Å². The van der Waals surface area contributed by atoms with Crippen molar-refractivity contribution >= 4 is 0 Å². The Morgan fingerprint density at radius 3 is 1.90 bits per heavy atom. The molecular formula is C27H31F3O. The monoisotopic (exact) mass is 428 g/mol. The van der Waals surface area contributed by atoms with E-state index in [0.29, 0.717) is 16.6 Å². The van der Waals surface area contributed by atoms with Crippen LogP contribution in [0.1, 0.15) is 63.9 Å². The average molecular weight is 429 g/mol. The molecule has 31 heavy (non-hydrogen) atoms. The number of benzene rings is 2. The number of fused-ring (bicyclic) bond motifs is 3. The Labute approximate surface area is 183 Å². The van der Waals surface area contributed by atoms with Crippen molar-refractivity contribution in [2.75, 3.05) is 6.61 Å². The van der Waals surface area contributed by atoms with E-state index >= 15 is 0 Å². The van der Waals surface area contributed by atoms with E-state index in [9.17, 15) is 13.2 Å². The highest BCUT2D eigenvalue weighted by Gasteiger charge is 2.48. The van der Waals surface area contributed by atoms with Gasteiger partial charge >= 0.3 is 6.18 Å². The van der Waals surface area contributed by atoms with Gasteiger partial charge in [0.15, 0.2) is 0 Å². The minimum Gasteiger partial charge on any atom is -0.490 e. The molecule has 0 radical (unpaired) electrons. The highest BCUT2D eigenvalue weighted by molar-refractivity contribution is 5.64. The third kappa shape index (κ3) is 4.99. The second-order valence-corrected chi connectivity index (χ2v) is 9.39. The Balaban J connectivity index is 1.38. The second-order valence-electron chi connectivity index (χ2n) is 9.39. The van der Waals surface area contributed by atoms with Crippen LogP contribution in [0, 0.1) is 5.41 Å². The SMILES string of the molecule is CCCC12CCC(c3ccc(-c4ccc(OCC=CC(F)(F)F)cc4)cc3)(CC1)CC2. The Hall–Kier alpha value is -2.23. The molecule has 0 atom stereocenters. The molecule has 0 aliphatic heterocycles. The largest absolute Gasteiger partial charge is 0.490 e. The molecule has 166 valence electrons. The molecule has 4 heteroatoms. The molecule has 3 aliphatic carbocycles. The van der Waals surface area contributed by atoms with Gasteiger partial charge in [0.05, 0.1) is 0 Å². The molecule has 3 fully saturated rings. The number of hydrogen-bond acceptors (Lipinski definition) is 1. The number of alkyl halides is 3. The summed E-state index contributed by atoms with van der Waals surface area (Å²) in [5.41, 5.74) is 4.71. The lowest BCUT2D eigenvalue weighted by Crippen LogP contribution is -2.44. The summed E-state index contributed by atoms with van der Waals surface area (Å²) in [6.45, 7) is 2.21. The molecule has 1 nitrogen and oxygen atoms in total. The van der Waals surface area contributed by atoms with E-state index in [-0.39, 0.29) is 12.7 Å². The molecule has 0 aromatic heterocycles. The third-order valence-electron chi connectivity index (χ3n) is 7.52. The van der Waals surface area contributed by atoms with Crippen LogP contribution in [0.3, 0.4) is 0 Å². The van der Waals surface area contributed by atoms with Crippen molar-refractivity contribution in [2.45, 2.75) is 69.9 Å². The number of ether oxygens (including phenoxy) is 1. The lowest BCUT2D eigenvalue weighted by molar-refractivity contribution is -0.0801. The summed E-state index contributed by atoms with van der Waals surface area (Å²) in [7, 11) is 0. The maximum Gasteiger partial charge on any atom is 0.409 e. The lowest BCUT2D eigenvalue weighted by Gasteiger charge is -2.54. The van der Waals surface area contributed by atoms with E-state index in [1.54, 1.807) is 12.1 Å². The number of allylic oxidation sites excluding steroid dienone is 1. The summed E-state index contributed by atoms with van der Waals surface area (Å²) in [4.78, 5) is 0. The molecule has 0 heterocycles. The molecule has 2 bridgehead atoms. The van der Waals surface area contributed by atoms with Gasteiger partial charge in [-0.25, -0.2) is 0 Å². The minimum atomic E-state index is -4.30. The van der Waals surface area contributed by atoms with E-state index in [4.69, 9.17) is 4.74 Å². The minimum absolute atomic E-state index is 0.102. The van der Waals surface area contributed by atoms with Gasteiger partial charge in [-0.3, -0.25) is 0 Å². The standard InChI is InChI=1S/C27H31F3O/c1-2-12-25-14-17-26(18-15-25,19-16-25)23-8-4-21(5-9-23)22-6-10-24(11-7-22)31-20-3-13-27(28,29)30/h3-11,13H,2,12,14-20H2,1H3. The summed E-state index contributed by atoms with van der Waals surface area (Å²) >= 11 is 0. The first kappa shape index (κ1) is 22.0. The van der Waals surface area contributed by atoms with Crippen LogP contribution in [0.2, 0.25) is 0 Å². The van der Waals surface area contributed by atoms with Gasteiger partial charge in [-0.1, -0.05) is 49.7 Å². The van der Waals surface area contributed by atoms with Crippen molar-refractivity contribution in [1.29, 1.82) is 0 Å². The summed E-state index contributed by atoms with van der Waals surface area (Å²) in [6, 6.07) is 16.5. The van der Waals surface area contributed by atoms with Crippen molar-refractivity contribution < 1.29 is 17.9 Å². The van der Waals surface area contributed by atoms with Crippen LogP contribution in [0.25, 0.3) is 11.1 Å². The van der Waals surface area contributed by atoms with Gasteiger partial charge in [0.2, 0.25) is 0 Å². The van der Waals surface area contributed by atoms with Crippen molar-refractivity contribution in [1.82, 2.24) is 0 Å². The molecule has 5 rings (SSSR count).